The van der Waals surface area contributed by atoms with Gasteiger partial charge in [-0.15, -0.1) is 5.10 Å². The summed E-state index contributed by atoms with van der Waals surface area (Å²) in [4.78, 5) is 4.38. The van der Waals surface area contributed by atoms with Crippen LogP contribution in [0, 0.1) is 0 Å². The molecule has 2 rings (SSSR count). The second-order valence-electron chi connectivity index (χ2n) is 4.07. The van der Waals surface area contributed by atoms with Crippen molar-refractivity contribution in [2.24, 2.45) is 7.05 Å². The van der Waals surface area contributed by atoms with Crippen molar-refractivity contribution in [3.05, 3.63) is 30.1 Å². The highest BCUT2D eigenvalue weighted by Crippen LogP contribution is 2.18. The molecule has 1 unspecified atom stereocenters. The molecule has 0 bridgehead atoms. The van der Waals surface area contributed by atoms with Crippen molar-refractivity contribution in [1.82, 2.24) is 29.9 Å². The molecule has 1 N–H and O–H groups in total. The highest BCUT2D eigenvalue weighted by atomic mass is 15.4. The van der Waals surface area contributed by atoms with Crippen LogP contribution in [0.15, 0.2) is 18.7 Å². The number of aromatic nitrogens is 5. The van der Waals surface area contributed by atoms with Crippen LogP contribution in [0.4, 0.5) is 0 Å². The van der Waals surface area contributed by atoms with Gasteiger partial charge < -0.3 is 9.88 Å². The van der Waals surface area contributed by atoms with Crippen LogP contribution in [0.25, 0.3) is 0 Å². The van der Waals surface area contributed by atoms with Crippen LogP contribution < -0.4 is 5.32 Å². The first-order valence-corrected chi connectivity index (χ1v) is 5.79. The van der Waals surface area contributed by atoms with Crippen LogP contribution in [0.5, 0.6) is 0 Å². The third-order valence-electron chi connectivity index (χ3n) is 2.69. The van der Waals surface area contributed by atoms with Gasteiger partial charge in [0.05, 0.1) is 30.0 Å². The van der Waals surface area contributed by atoms with Crippen molar-refractivity contribution in [3.8, 4) is 0 Å². The molecule has 2 aromatic heterocycles. The van der Waals surface area contributed by atoms with Gasteiger partial charge in [-0.25, -0.2) is 9.67 Å². The third kappa shape index (κ3) is 2.36. The summed E-state index contributed by atoms with van der Waals surface area (Å²) in [5.41, 5.74) is 2.03. The minimum Gasteiger partial charge on any atom is -0.340 e. The quantitative estimate of drug-likeness (QED) is 0.828. The lowest BCUT2D eigenvalue weighted by Gasteiger charge is -2.14. The summed E-state index contributed by atoms with van der Waals surface area (Å²) in [6.07, 6.45) is 6.64. The molecule has 0 saturated carbocycles. The van der Waals surface area contributed by atoms with Crippen molar-refractivity contribution >= 4 is 0 Å². The van der Waals surface area contributed by atoms with Gasteiger partial charge in [-0.3, -0.25) is 0 Å². The van der Waals surface area contributed by atoms with E-state index in [2.05, 4.69) is 27.5 Å². The monoisotopic (exact) mass is 234 g/mol. The van der Waals surface area contributed by atoms with E-state index in [0.29, 0.717) is 0 Å². The lowest BCUT2D eigenvalue weighted by atomic mass is 10.1. The Kier molecular flexibility index (Phi) is 3.53. The van der Waals surface area contributed by atoms with Crippen LogP contribution in [-0.4, -0.2) is 31.6 Å². The Morgan fingerprint density at radius 3 is 2.88 bits per heavy atom. The molecule has 0 aliphatic rings. The maximum Gasteiger partial charge on any atom is 0.0951 e. The predicted molar refractivity (Wildman–Crippen MR) is 64.4 cm³/mol. The zero-order valence-electron chi connectivity index (χ0n) is 10.5. The third-order valence-corrected chi connectivity index (χ3v) is 2.69. The Bertz CT molecular complexity index is 472. The fraction of sp³-hybridized carbons (Fsp3) is 0.545. The van der Waals surface area contributed by atoms with Crippen molar-refractivity contribution in [2.75, 3.05) is 7.05 Å². The smallest absolute Gasteiger partial charge is 0.0951 e. The molecule has 0 amide bonds. The summed E-state index contributed by atoms with van der Waals surface area (Å²) in [6.45, 7) is 3.00. The van der Waals surface area contributed by atoms with Gasteiger partial charge in [-0.1, -0.05) is 12.1 Å². The van der Waals surface area contributed by atoms with Gasteiger partial charge >= 0.3 is 0 Å². The van der Waals surface area contributed by atoms with Gasteiger partial charge in [0.2, 0.25) is 0 Å². The highest BCUT2D eigenvalue weighted by Gasteiger charge is 2.19. The fourth-order valence-corrected chi connectivity index (χ4v) is 1.90. The van der Waals surface area contributed by atoms with E-state index in [1.54, 1.807) is 12.5 Å². The predicted octanol–water partition coefficient (Wildman–Crippen LogP) is 0.730. The molecule has 2 aromatic rings. The van der Waals surface area contributed by atoms with Gasteiger partial charge in [0, 0.05) is 19.8 Å². The molecule has 0 aromatic carbocycles. The number of hydrogen-bond donors (Lipinski definition) is 1. The zero-order valence-corrected chi connectivity index (χ0v) is 10.5. The van der Waals surface area contributed by atoms with Crippen molar-refractivity contribution in [2.45, 2.75) is 25.9 Å². The van der Waals surface area contributed by atoms with Crippen LogP contribution in [0.1, 0.15) is 30.8 Å². The molecule has 6 nitrogen and oxygen atoms in total. The molecule has 6 heteroatoms. The maximum absolute atomic E-state index is 4.38. The average Bonchev–Trinajstić information content (AvgIpc) is 2.91. The Hall–Kier alpha value is -1.69. The Balaban J connectivity index is 2.31. The second-order valence-corrected chi connectivity index (χ2v) is 4.07. The largest absolute Gasteiger partial charge is 0.340 e. The number of rotatable bonds is 5. The minimum atomic E-state index is 0.0396. The van der Waals surface area contributed by atoms with Gasteiger partial charge in [-0.2, -0.15) is 0 Å². The summed E-state index contributed by atoms with van der Waals surface area (Å²) in [7, 11) is 3.88. The van der Waals surface area contributed by atoms with E-state index < -0.39 is 0 Å². The van der Waals surface area contributed by atoms with Crippen molar-refractivity contribution in [3.63, 3.8) is 0 Å². The maximum atomic E-state index is 4.38. The molecule has 2 heterocycles. The molecular weight excluding hydrogens is 216 g/mol. The number of aryl methyl sites for hydroxylation is 2. The molecular formula is C11H18N6. The SMILES string of the molecule is CCCn1nncc1C(NC)c1cn(C)cn1. The molecule has 0 saturated heterocycles. The van der Waals surface area contributed by atoms with Crippen LogP contribution >= 0.6 is 0 Å². The highest BCUT2D eigenvalue weighted by molar-refractivity contribution is 5.17. The van der Waals surface area contributed by atoms with E-state index in [0.717, 1.165) is 24.4 Å². The zero-order chi connectivity index (χ0) is 12.3. The Labute approximate surface area is 101 Å². The van der Waals surface area contributed by atoms with Crippen LogP contribution in [-0.2, 0) is 13.6 Å². The summed E-state index contributed by atoms with van der Waals surface area (Å²) in [6, 6.07) is 0.0396. The van der Waals surface area contributed by atoms with Crippen LogP contribution in [0.2, 0.25) is 0 Å². The van der Waals surface area contributed by atoms with E-state index in [1.807, 2.05) is 29.5 Å². The lowest BCUT2D eigenvalue weighted by Crippen LogP contribution is -2.22. The molecule has 0 aliphatic carbocycles. The number of hydrogen-bond acceptors (Lipinski definition) is 4. The van der Waals surface area contributed by atoms with Crippen LogP contribution in [0.3, 0.4) is 0 Å². The average molecular weight is 234 g/mol. The molecule has 0 fully saturated rings. The summed E-state index contributed by atoms with van der Waals surface area (Å²) in [5, 5.41) is 11.3. The molecule has 92 valence electrons. The summed E-state index contributed by atoms with van der Waals surface area (Å²) < 4.78 is 3.86. The molecule has 1 atom stereocenters. The van der Waals surface area contributed by atoms with E-state index in [-0.39, 0.29) is 6.04 Å². The molecule has 0 spiro atoms. The Morgan fingerprint density at radius 1 is 1.47 bits per heavy atom. The summed E-state index contributed by atoms with van der Waals surface area (Å²) >= 11 is 0. The number of nitrogens with zero attached hydrogens (tertiary/aromatic N) is 5. The van der Waals surface area contributed by atoms with E-state index in [4.69, 9.17) is 0 Å². The lowest BCUT2D eigenvalue weighted by molar-refractivity contribution is 0.519. The molecule has 0 aliphatic heterocycles. The Morgan fingerprint density at radius 2 is 2.29 bits per heavy atom. The second kappa shape index (κ2) is 5.09. The standard InChI is InChI=1S/C11H18N6/c1-4-5-17-10(6-14-15-17)11(12-2)9-7-16(3)8-13-9/h6-8,11-12H,4-5H2,1-3H3. The minimum absolute atomic E-state index is 0.0396. The first-order valence-electron chi connectivity index (χ1n) is 5.79. The normalized spacial score (nSPS) is 12.9. The van der Waals surface area contributed by atoms with Gasteiger partial charge in [0.15, 0.2) is 0 Å². The van der Waals surface area contributed by atoms with Crippen molar-refractivity contribution < 1.29 is 0 Å². The van der Waals surface area contributed by atoms with Gasteiger partial charge in [0.25, 0.3) is 0 Å². The van der Waals surface area contributed by atoms with E-state index in [9.17, 15) is 0 Å². The van der Waals surface area contributed by atoms with Gasteiger partial charge in [-0.05, 0) is 13.5 Å². The van der Waals surface area contributed by atoms with Gasteiger partial charge in [0.1, 0.15) is 0 Å². The van der Waals surface area contributed by atoms with Crippen molar-refractivity contribution in [1.29, 1.82) is 0 Å². The van der Waals surface area contributed by atoms with E-state index >= 15 is 0 Å². The fourth-order valence-electron chi connectivity index (χ4n) is 1.90. The summed E-state index contributed by atoms with van der Waals surface area (Å²) in [5.74, 6) is 0. The first kappa shape index (κ1) is 11.8. The number of imidazole rings is 1. The topological polar surface area (TPSA) is 60.6 Å². The first-order chi connectivity index (χ1) is 8.26. The molecule has 0 radical (unpaired) electrons. The molecule has 17 heavy (non-hydrogen) atoms. The number of nitrogens with one attached hydrogen (secondary N) is 1. The van der Waals surface area contributed by atoms with E-state index in [1.165, 1.54) is 0 Å².